The van der Waals surface area contributed by atoms with E-state index in [1.54, 1.807) is 6.20 Å². The number of aromatic amines is 1. The van der Waals surface area contributed by atoms with E-state index in [1.807, 2.05) is 6.07 Å². The molecule has 0 saturated heterocycles. The topological polar surface area (TPSA) is 54.7 Å². The Morgan fingerprint density at radius 1 is 1.38 bits per heavy atom. The molecule has 0 aromatic carbocycles. The second-order valence-electron chi connectivity index (χ2n) is 3.71. The first-order valence-electron chi connectivity index (χ1n) is 4.57. The minimum atomic E-state index is 0.730. The molecule has 3 rings (SSSR count). The van der Waals surface area contributed by atoms with Crippen LogP contribution in [-0.4, -0.2) is 9.97 Å². The van der Waals surface area contributed by atoms with Gasteiger partial charge in [0.25, 0.3) is 0 Å². The third kappa shape index (κ3) is 1.08. The predicted octanol–water partition coefficient (Wildman–Crippen LogP) is 2.02. The van der Waals surface area contributed by atoms with Crippen LogP contribution in [-0.2, 0) is 0 Å². The van der Waals surface area contributed by atoms with Gasteiger partial charge in [-0.15, -0.1) is 0 Å². The zero-order valence-electron chi connectivity index (χ0n) is 7.25. The molecule has 0 radical (unpaired) electrons. The average molecular weight is 173 g/mol. The summed E-state index contributed by atoms with van der Waals surface area (Å²) in [6, 6.07) is 4.13. The van der Waals surface area contributed by atoms with Crippen LogP contribution in [0.4, 0.5) is 5.69 Å². The fourth-order valence-corrected chi connectivity index (χ4v) is 1.67. The van der Waals surface area contributed by atoms with E-state index in [0.717, 1.165) is 22.6 Å². The highest BCUT2D eigenvalue weighted by molar-refractivity contribution is 5.79. The van der Waals surface area contributed by atoms with Crippen LogP contribution in [0.1, 0.15) is 24.5 Å². The molecule has 2 heterocycles. The number of nitrogens with one attached hydrogen (secondary N) is 1. The number of nitrogens with two attached hydrogens (primary N) is 1. The Labute approximate surface area is 76.0 Å². The van der Waals surface area contributed by atoms with Crippen LogP contribution in [0.3, 0.4) is 0 Å². The molecule has 0 amide bonds. The molecule has 0 spiro atoms. The van der Waals surface area contributed by atoms with Gasteiger partial charge in [0.1, 0.15) is 5.65 Å². The summed E-state index contributed by atoms with van der Waals surface area (Å²) in [5.74, 6) is 0.746. The monoisotopic (exact) mass is 173 g/mol. The van der Waals surface area contributed by atoms with Crippen molar-refractivity contribution in [3.05, 3.63) is 24.0 Å². The van der Waals surface area contributed by atoms with Crippen LogP contribution >= 0.6 is 0 Å². The summed E-state index contributed by atoms with van der Waals surface area (Å²) in [5, 5.41) is 1.13. The molecule has 3 nitrogen and oxygen atoms in total. The molecule has 0 bridgehead atoms. The summed E-state index contributed by atoms with van der Waals surface area (Å²) in [4.78, 5) is 7.55. The Balaban J connectivity index is 2.20. The molecule has 1 fully saturated rings. The maximum Gasteiger partial charge on any atom is 0.137 e. The third-order valence-corrected chi connectivity index (χ3v) is 2.53. The number of fused-ring (bicyclic) bond motifs is 1. The number of nitrogen functional groups attached to an aromatic ring is 1. The minimum absolute atomic E-state index is 0.730. The quantitative estimate of drug-likeness (QED) is 0.693. The lowest BCUT2D eigenvalue weighted by Gasteiger charge is -1.90. The highest BCUT2D eigenvalue weighted by Crippen LogP contribution is 2.40. The lowest BCUT2D eigenvalue weighted by molar-refractivity contribution is 1.05. The van der Waals surface area contributed by atoms with Gasteiger partial charge in [0.15, 0.2) is 0 Å². The van der Waals surface area contributed by atoms with Gasteiger partial charge in [-0.2, -0.15) is 0 Å². The van der Waals surface area contributed by atoms with Crippen molar-refractivity contribution in [3.63, 3.8) is 0 Å². The van der Waals surface area contributed by atoms with Gasteiger partial charge in [0, 0.05) is 11.1 Å². The van der Waals surface area contributed by atoms with Crippen LogP contribution in [0.5, 0.6) is 0 Å². The fraction of sp³-hybridized carbons (Fsp3) is 0.300. The van der Waals surface area contributed by atoms with E-state index in [0.29, 0.717) is 0 Å². The maximum atomic E-state index is 5.65. The van der Waals surface area contributed by atoms with Crippen LogP contribution in [0, 0.1) is 0 Å². The highest BCUT2D eigenvalue weighted by Gasteiger charge is 2.25. The number of nitrogens with zero attached hydrogens (tertiary/aromatic N) is 1. The van der Waals surface area contributed by atoms with Crippen molar-refractivity contribution in [2.75, 3.05) is 5.73 Å². The van der Waals surface area contributed by atoms with Crippen molar-refractivity contribution in [2.45, 2.75) is 18.8 Å². The van der Waals surface area contributed by atoms with Crippen molar-refractivity contribution >= 4 is 16.7 Å². The second-order valence-corrected chi connectivity index (χ2v) is 3.71. The smallest absolute Gasteiger partial charge is 0.137 e. The molecule has 3 N–H and O–H groups in total. The molecule has 1 aliphatic rings. The van der Waals surface area contributed by atoms with Crippen molar-refractivity contribution in [3.8, 4) is 0 Å². The SMILES string of the molecule is Nc1cnc2[nH]c(C3CC3)cc2c1. The van der Waals surface area contributed by atoms with Crippen molar-refractivity contribution in [1.82, 2.24) is 9.97 Å². The molecular weight excluding hydrogens is 162 g/mol. The lowest BCUT2D eigenvalue weighted by atomic mass is 10.2. The van der Waals surface area contributed by atoms with Crippen molar-refractivity contribution in [2.24, 2.45) is 0 Å². The Morgan fingerprint density at radius 3 is 3.00 bits per heavy atom. The number of H-pyrrole nitrogens is 1. The highest BCUT2D eigenvalue weighted by atomic mass is 14.9. The van der Waals surface area contributed by atoms with Gasteiger partial charge >= 0.3 is 0 Å². The molecule has 2 aromatic rings. The van der Waals surface area contributed by atoms with E-state index in [9.17, 15) is 0 Å². The third-order valence-electron chi connectivity index (χ3n) is 2.53. The first-order chi connectivity index (χ1) is 6.33. The van der Waals surface area contributed by atoms with Gasteiger partial charge in [-0.3, -0.25) is 0 Å². The molecule has 2 aromatic heterocycles. The molecule has 1 aliphatic carbocycles. The largest absolute Gasteiger partial charge is 0.397 e. The van der Waals surface area contributed by atoms with Gasteiger partial charge in [-0.25, -0.2) is 4.98 Å². The van der Waals surface area contributed by atoms with Crippen molar-refractivity contribution < 1.29 is 0 Å². The summed E-state index contributed by atoms with van der Waals surface area (Å²) in [6.07, 6.45) is 4.31. The van der Waals surface area contributed by atoms with E-state index in [2.05, 4.69) is 16.0 Å². The van der Waals surface area contributed by atoms with Crippen LogP contribution in [0.15, 0.2) is 18.3 Å². The van der Waals surface area contributed by atoms with Gasteiger partial charge in [-0.1, -0.05) is 0 Å². The Kier molecular flexibility index (Phi) is 1.20. The Bertz CT molecular complexity index is 454. The number of hydrogen-bond acceptors (Lipinski definition) is 2. The average Bonchev–Trinajstić information content (AvgIpc) is 2.87. The molecule has 66 valence electrons. The molecule has 1 saturated carbocycles. The summed E-state index contributed by atoms with van der Waals surface area (Å²) in [5.41, 5.74) is 8.65. The van der Waals surface area contributed by atoms with E-state index >= 15 is 0 Å². The zero-order chi connectivity index (χ0) is 8.84. The Hall–Kier alpha value is -1.51. The van der Waals surface area contributed by atoms with Gasteiger partial charge in [0.2, 0.25) is 0 Å². The molecule has 0 atom stereocenters. The van der Waals surface area contributed by atoms with Crippen molar-refractivity contribution in [1.29, 1.82) is 0 Å². The summed E-state index contributed by atoms with van der Waals surface area (Å²) >= 11 is 0. The predicted molar refractivity (Wildman–Crippen MR) is 52.5 cm³/mol. The van der Waals surface area contributed by atoms with E-state index in [1.165, 1.54) is 18.5 Å². The second kappa shape index (κ2) is 2.25. The first-order valence-corrected chi connectivity index (χ1v) is 4.57. The number of hydrogen-bond donors (Lipinski definition) is 2. The van der Waals surface area contributed by atoms with Crippen LogP contribution in [0.2, 0.25) is 0 Å². The number of anilines is 1. The molecule has 13 heavy (non-hydrogen) atoms. The number of rotatable bonds is 1. The molecule has 0 aliphatic heterocycles. The van der Waals surface area contributed by atoms with Crippen LogP contribution < -0.4 is 5.73 Å². The van der Waals surface area contributed by atoms with Gasteiger partial charge in [-0.05, 0) is 30.9 Å². The van der Waals surface area contributed by atoms with E-state index < -0.39 is 0 Å². The summed E-state index contributed by atoms with van der Waals surface area (Å²) in [6.45, 7) is 0. The Morgan fingerprint density at radius 2 is 2.23 bits per heavy atom. The number of aromatic nitrogens is 2. The lowest BCUT2D eigenvalue weighted by Crippen LogP contribution is -1.85. The standard InChI is InChI=1S/C10H11N3/c11-8-3-7-4-9(6-1-2-6)13-10(7)12-5-8/h3-6H,1-2,11H2,(H,12,13). The zero-order valence-corrected chi connectivity index (χ0v) is 7.25. The summed E-state index contributed by atoms with van der Waals surface area (Å²) < 4.78 is 0. The molecule has 3 heteroatoms. The van der Waals surface area contributed by atoms with Gasteiger partial charge < -0.3 is 10.7 Å². The van der Waals surface area contributed by atoms with Crippen LogP contribution in [0.25, 0.3) is 11.0 Å². The molecule has 0 unspecified atom stereocenters. The number of pyridine rings is 1. The van der Waals surface area contributed by atoms with E-state index in [4.69, 9.17) is 5.73 Å². The summed E-state index contributed by atoms with van der Waals surface area (Å²) in [7, 11) is 0. The maximum absolute atomic E-state index is 5.65. The first kappa shape index (κ1) is 6.95. The minimum Gasteiger partial charge on any atom is -0.397 e. The van der Waals surface area contributed by atoms with Gasteiger partial charge in [0.05, 0.1) is 11.9 Å². The van der Waals surface area contributed by atoms with E-state index in [-0.39, 0.29) is 0 Å². The molecular formula is C10H11N3. The normalized spacial score (nSPS) is 16.6. The fourth-order valence-electron chi connectivity index (χ4n) is 1.67.